The van der Waals surface area contributed by atoms with Crippen molar-refractivity contribution in [3.05, 3.63) is 0 Å². The Balaban J connectivity index is 5.18. The Labute approximate surface area is 201 Å². The van der Waals surface area contributed by atoms with E-state index in [0.717, 1.165) is 0 Å². The summed E-state index contributed by atoms with van der Waals surface area (Å²) in [5, 5.41) is 17.0. The van der Waals surface area contributed by atoms with Crippen LogP contribution in [-0.4, -0.2) is 71.8 Å². The van der Waals surface area contributed by atoms with Crippen LogP contribution in [0.1, 0.15) is 58.8 Å². The van der Waals surface area contributed by atoms with Crippen LogP contribution in [0, 0.1) is 5.92 Å². The highest BCUT2D eigenvalue weighted by Gasteiger charge is 2.29. The van der Waals surface area contributed by atoms with E-state index < -0.39 is 47.9 Å². The maximum Gasteiger partial charge on any atom is 0.326 e. The minimum absolute atomic E-state index is 0.0525. The maximum atomic E-state index is 12.9. The van der Waals surface area contributed by atoms with Crippen molar-refractivity contribution >= 4 is 36.3 Å². The summed E-state index contributed by atoms with van der Waals surface area (Å²) in [6.45, 7) is 4.75. The van der Waals surface area contributed by atoms with Gasteiger partial charge in [0.2, 0.25) is 17.7 Å². The smallest absolute Gasteiger partial charge is 0.326 e. The van der Waals surface area contributed by atoms with Gasteiger partial charge < -0.3 is 38.3 Å². The molecule has 0 aromatic heterocycles. The van der Waals surface area contributed by atoms with E-state index in [-0.39, 0.29) is 18.1 Å². The van der Waals surface area contributed by atoms with Crippen LogP contribution >= 0.6 is 12.6 Å². The van der Waals surface area contributed by atoms with Crippen molar-refractivity contribution in [2.75, 3.05) is 18.8 Å². The molecular formula is C21H42N6O5S. The fourth-order valence-electron chi connectivity index (χ4n) is 3.14. The first kappa shape index (κ1) is 31.1. The summed E-state index contributed by atoms with van der Waals surface area (Å²) in [7, 11) is 0. The second-order valence-electron chi connectivity index (χ2n) is 8.51. The molecular weight excluding hydrogens is 448 g/mol. The van der Waals surface area contributed by atoms with Gasteiger partial charge in [0.15, 0.2) is 0 Å². The Kier molecular flexibility index (Phi) is 16.6. The van der Waals surface area contributed by atoms with E-state index in [1.54, 1.807) is 0 Å². The molecule has 0 aromatic carbocycles. The van der Waals surface area contributed by atoms with Gasteiger partial charge in [-0.1, -0.05) is 13.8 Å². The number of hydrogen-bond acceptors (Lipinski definition) is 8. The van der Waals surface area contributed by atoms with Crippen LogP contribution in [0.25, 0.3) is 0 Å². The molecule has 3 amide bonds. The summed E-state index contributed by atoms with van der Waals surface area (Å²) in [6, 6.07) is -3.84. The average Bonchev–Trinajstić information content (AvgIpc) is 2.75. The van der Waals surface area contributed by atoms with Crippen LogP contribution in [-0.2, 0) is 19.2 Å². The standard InChI is InChI=1S/C21H42N6O5S/c1-13(2)11-14(24)18(28)25-15(7-3-5-9-22)19(29)27-17(12-33)20(30)26-16(21(31)32)8-4-6-10-23/h13-17,33H,3-12,22-24H2,1-2H3,(H,25,28)(H,26,30)(H,27,29)(H,31,32). The minimum Gasteiger partial charge on any atom is -0.480 e. The molecule has 0 radical (unpaired) electrons. The monoisotopic (exact) mass is 490 g/mol. The molecule has 0 aliphatic rings. The fraction of sp³-hybridized carbons (Fsp3) is 0.810. The first-order valence-corrected chi connectivity index (χ1v) is 12.1. The molecule has 0 saturated carbocycles. The number of carboxylic acids is 1. The van der Waals surface area contributed by atoms with Crippen molar-refractivity contribution in [1.29, 1.82) is 0 Å². The Bertz CT molecular complexity index is 622. The molecule has 0 saturated heterocycles. The number of nitrogens with one attached hydrogen (secondary N) is 3. The fourth-order valence-corrected chi connectivity index (χ4v) is 3.40. The molecule has 33 heavy (non-hydrogen) atoms. The number of rotatable bonds is 18. The van der Waals surface area contributed by atoms with Crippen molar-refractivity contribution < 1.29 is 24.3 Å². The zero-order chi connectivity index (χ0) is 25.4. The molecule has 4 unspecified atom stereocenters. The highest BCUT2D eigenvalue weighted by Crippen LogP contribution is 2.07. The second-order valence-corrected chi connectivity index (χ2v) is 8.87. The lowest BCUT2D eigenvalue weighted by molar-refractivity contribution is -0.142. The Morgan fingerprint density at radius 3 is 1.70 bits per heavy atom. The number of thiol groups is 1. The predicted octanol–water partition coefficient (Wildman–Crippen LogP) is -0.913. The van der Waals surface area contributed by atoms with Gasteiger partial charge in [0.05, 0.1) is 6.04 Å². The normalized spacial score (nSPS) is 14.8. The van der Waals surface area contributed by atoms with Gasteiger partial charge in [-0.15, -0.1) is 0 Å². The number of aliphatic carboxylic acids is 1. The molecule has 0 spiro atoms. The van der Waals surface area contributed by atoms with E-state index in [9.17, 15) is 24.3 Å². The first-order chi connectivity index (χ1) is 15.6. The molecule has 0 aliphatic carbocycles. The highest BCUT2D eigenvalue weighted by atomic mass is 32.1. The van der Waals surface area contributed by atoms with Gasteiger partial charge in [-0.3, -0.25) is 14.4 Å². The van der Waals surface area contributed by atoms with Crippen molar-refractivity contribution in [2.24, 2.45) is 23.1 Å². The van der Waals surface area contributed by atoms with E-state index in [2.05, 4.69) is 28.6 Å². The van der Waals surface area contributed by atoms with E-state index in [1.807, 2.05) is 13.8 Å². The van der Waals surface area contributed by atoms with Gasteiger partial charge in [0.1, 0.15) is 18.1 Å². The molecule has 192 valence electrons. The molecule has 0 aromatic rings. The molecule has 0 aliphatic heterocycles. The zero-order valence-corrected chi connectivity index (χ0v) is 20.6. The lowest BCUT2D eigenvalue weighted by atomic mass is 10.0. The molecule has 4 atom stereocenters. The number of unbranched alkanes of at least 4 members (excludes halogenated alkanes) is 2. The van der Waals surface area contributed by atoms with Crippen LogP contribution in [0.2, 0.25) is 0 Å². The molecule has 0 fully saturated rings. The van der Waals surface area contributed by atoms with Crippen LogP contribution in [0.3, 0.4) is 0 Å². The average molecular weight is 491 g/mol. The topological polar surface area (TPSA) is 203 Å². The number of carbonyl (C=O) groups excluding carboxylic acids is 3. The molecule has 10 N–H and O–H groups in total. The molecule has 0 rings (SSSR count). The van der Waals surface area contributed by atoms with Crippen molar-refractivity contribution in [1.82, 2.24) is 16.0 Å². The summed E-state index contributed by atoms with van der Waals surface area (Å²) in [5.74, 6) is -2.70. The second kappa shape index (κ2) is 17.6. The van der Waals surface area contributed by atoms with Crippen LogP contribution in [0.4, 0.5) is 0 Å². The molecule has 11 nitrogen and oxygen atoms in total. The lowest BCUT2D eigenvalue weighted by Crippen LogP contribution is -2.57. The van der Waals surface area contributed by atoms with Crippen LogP contribution < -0.4 is 33.2 Å². The number of nitrogens with two attached hydrogens (primary N) is 3. The van der Waals surface area contributed by atoms with Crippen LogP contribution in [0.5, 0.6) is 0 Å². The predicted molar refractivity (Wildman–Crippen MR) is 131 cm³/mol. The number of carbonyl (C=O) groups is 4. The maximum absolute atomic E-state index is 12.9. The number of amides is 3. The van der Waals surface area contributed by atoms with E-state index in [0.29, 0.717) is 51.6 Å². The molecule has 0 bridgehead atoms. The van der Waals surface area contributed by atoms with Gasteiger partial charge in [0.25, 0.3) is 0 Å². The van der Waals surface area contributed by atoms with Gasteiger partial charge in [-0.2, -0.15) is 12.6 Å². The van der Waals surface area contributed by atoms with Crippen molar-refractivity contribution in [2.45, 2.75) is 83.0 Å². The summed E-state index contributed by atoms with van der Waals surface area (Å²) in [6.07, 6.45) is 3.43. The Morgan fingerprint density at radius 1 is 0.788 bits per heavy atom. The van der Waals surface area contributed by atoms with Crippen molar-refractivity contribution in [3.8, 4) is 0 Å². The Hall–Kier alpha value is -1.89. The first-order valence-electron chi connectivity index (χ1n) is 11.5. The third-order valence-corrected chi connectivity index (χ3v) is 5.38. The zero-order valence-electron chi connectivity index (χ0n) is 19.7. The quantitative estimate of drug-likeness (QED) is 0.0890. The third-order valence-electron chi connectivity index (χ3n) is 5.02. The highest BCUT2D eigenvalue weighted by molar-refractivity contribution is 7.80. The summed E-state index contributed by atoms with van der Waals surface area (Å²) < 4.78 is 0. The molecule has 12 heteroatoms. The summed E-state index contributed by atoms with van der Waals surface area (Å²) in [5.41, 5.74) is 16.9. The van der Waals surface area contributed by atoms with Gasteiger partial charge in [0, 0.05) is 5.75 Å². The van der Waals surface area contributed by atoms with Crippen molar-refractivity contribution in [3.63, 3.8) is 0 Å². The van der Waals surface area contributed by atoms with Crippen LogP contribution in [0.15, 0.2) is 0 Å². The summed E-state index contributed by atoms with van der Waals surface area (Å²) >= 11 is 4.12. The van der Waals surface area contributed by atoms with E-state index >= 15 is 0 Å². The van der Waals surface area contributed by atoms with E-state index in [1.165, 1.54) is 0 Å². The third kappa shape index (κ3) is 13.4. The number of hydrogen-bond donors (Lipinski definition) is 8. The van der Waals surface area contributed by atoms with Gasteiger partial charge in [-0.05, 0) is 64.0 Å². The Morgan fingerprint density at radius 2 is 1.24 bits per heavy atom. The number of carboxylic acid groups (broad SMARTS) is 1. The SMILES string of the molecule is CC(C)CC(N)C(=O)NC(CCCCN)C(=O)NC(CS)C(=O)NC(CCCCN)C(=O)O. The largest absolute Gasteiger partial charge is 0.480 e. The van der Waals surface area contributed by atoms with Gasteiger partial charge >= 0.3 is 5.97 Å². The molecule has 0 heterocycles. The van der Waals surface area contributed by atoms with Gasteiger partial charge in [-0.25, -0.2) is 4.79 Å². The summed E-state index contributed by atoms with van der Waals surface area (Å²) in [4.78, 5) is 49.4. The van der Waals surface area contributed by atoms with E-state index in [4.69, 9.17) is 17.2 Å². The minimum atomic E-state index is -1.17. The lowest BCUT2D eigenvalue weighted by Gasteiger charge is -2.25.